The second kappa shape index (κ2) is 8.85. The molecule has 2 N–H and O–H groups in total. The third-order valence-electron chi connectivity index (χ3n) is 2.89. The number of nitrogens with zero attached hydrogens (tertiary/aromatic N) is 1. The molecular formula is C17H16BrN3O2. The third kappa shape index (κ3) is 6.44. The first-order valence-electron chi connectivity index (χ1n) is 7.06. The highest BCUT2D eigenvalue weighted by Gasteiger charge is 2.06. The van der Waals surface area contributed by atoms with Crippen molar-refractivity contribution in [2.75, 3.05) is 5.32 Å². The molecule has 2 aromatic rings. The summed E-state index contributed by atoms with van der Waals surface area (Å²) >= 11 is 3.33. The fourth-order valence-corrected chi connectivity index (χ4v) is 2.19. The van der Waals surface area contributed by atoms with Gasteiger partial charge < -0.3 is 5.32 Å². The van der Waals surface area contributed by atoms with Gasteiger partial charge in [-0.2, -0.15) is 5.10 Å². The van der Waals surface area contributed by atoms with Crippen LogP contribution in [0.2, 0.25) is 0 Å². The molecule has 2 rings (SSSR count). The smallest absolute Gasteiger partial charge is 0.240 e. The van der Waals surface area contributed by atoms with Crippen LogP contribution >= 0.6 is 15.9 Å². The van der Waals surface area contributed by atoms with Gasteiger partial charge in [0.2, 0.25) is 11.8 Å². The molecule has 0 radical (unpaired) electrons. The van der Waals surface area contributed by atoms with Gasteiger partial charge in [0.05, 0.1) is 6.21 Å². The van der Waals surface area contributed by atoms with Gasteiger partial charge in [-0.15, -0.1) is 0 Å². The van der Waals surface area contributed by atoms with E-state index in [2.05, 4.69) is 31.8 Å². The minimum Gasteiger partial charge on any atom is -0.326 e. The highest BCUT2D eigenvalue weighted by atomic mass is 79.9. The average molecular weight is 374 g/mol. The number of hydrazone groups is 1. The maximum Gasteiger partial charge on any atom is 0.240 e. The summed E-state index contributed by atoms with van der Waals surface area (Å²) < 4.78 is 0.878. The number of carbonyl (C=O) groups is 2. The topological polar surface area (TPSA) is 70.6 Å². The van der Waals surface area contributed by atoms with E-state index in [1.54, 1.807) is 18.3 Å². The van der Waals surface area contributed by atoms with Crippen LogP contribution in [0.15, 0.2) is 64.2 Å². The van der Waals surface area contributed by atoms with Gasteiger partial charge in [-0.3, -0.25) is 9.59 Å². The van der Waals surface area contributed by atoms with Crippen molar-refractivity contribution < 1.29 is 9.59 Å². The Kier molecular flexibility index (Phi) is 6.50. The molecule has 0 saturated carbocycles. The van der Waals surface area contributed by atoms with Crippen LogP contribution in [0, 0.1) is 0 Å². The van der Waals surface area contributed by atoms with Crippen LogP contribution in [0.3, 0.4) is 0 Å². The van der Waals surface area contributed by atoms with Crippen LogP contribution in [0.25, 0.3) is 0 Å². The molecule has 0 atom stereocenters. The Morgan fingerprint density at radius 1 is 1.00 bits per heavy atom. The molecule has 0 heterocycles. The number of anilines is 1. The summed E-state index contributed by atoms with van der Waals surface area (Å²) in [5.41, 5.74) is 3.98. The van der Waals surface area contributed by atoms with E-state index in [4.69, 9.17) is 0 Å². The van der Waals surface area contributed by atoms with Crippen molar-refractivity contribution in [2.45, 2.75) is 12.8 Å². The highest BCUT2D eigenvalue weighted by Crippen LogP contribution is 2.15. The summed E-state index contributed by atoms with van der Waals surface area (Å²) in [6.07, 6.45) is 1.73. The minimum absolute atomic E-state index is 0.0754. The van der Waals surface area contributed by atoms with Gasteiger partial charge in [0.15, 0.2) is 0 Å². The van der Waals surface area contributed by atoms with Crippen LogP contribution in [-0.2, 0) is 9.59 Å². The summed E-state index contributed by atoms with van der Waals surface area (Å²) in [5.74, 6) is -0.521. The van der Waals surface area contributed by atoms with Crippen molar-refractivity contribution in [1.82, 2.24) is 5.43 Å². The Morgan fingerprint density at radius 3 is 2.48 bits per heavy atom. The second-order valence-electron chi connectivity index (χ2n) is 4.76. The number of carbonyl (C=O) groups excluding carboxylic acids is 2. The number of nitrogens with one attached hydrogen (secondary N) is 2. The molecule has 118 valence electrons. The predicted molar refractivity (Wildman–Crippen MR) is 94.2 cm³/mol. The molecule has 0 fully saturated rings. The Bertz CT molecular complexity index is 702. The molecule has 2 amide bonds. The van der Waals surface area contributed by atoms with Gasteiger partial charge in [0.25, 0.3) is 0 Å². The first-order valence-corrected chi connectivity index (χ1v) is 7.85. The van der Waals surface area contributed by atoms with E-state index in [0.29, 0.717) is 5.69 Å². The SMILES string of the molecule is O=C(CCC(=O)Nc1cccc(Br)c1)N/N=C/c1ccccc1. The van der Waals surface area contributed by atoms with Gasteiger partial charge in [0, 0.05) is 23.0 Å². The monoisotopic (exact) mass is 373 g/mol. The lowest BCUT2D eigenvalue weighted by Gasteiger charge is -2.05. The summed E-state index contributed by atoms with van der Waals surface area (Å²) in [4.78, 5) is 23.4. The molecule has 0 unspecified atom stereocenters. The molecular weight excluding hydrogens is 358 g/mol. The number of amides is 2. The second-order valence-corrected chi connectivity index (χ2v) is 5.68. The van der Waals surface area contributed by atoms with Crippen molar-refractivity contribution in [2.24, 2.45) is 5.10 Å². The quantitative estimate of drug-likeness (QED) is 0.602. The molecule has 2 aromatic carbocycles. The van der Waals surface area contributed by atoms with E-state index in [9.17, 15) is 9.59 Å². The molecule has 0 bridgehead atoms. The van der Waals surface area contributed by atoms with E-state index in [-0.39, 0.29) is 24.7 Å². The van der Waals surface area contributed by atoms with Gasteiger partial charge in [-0.05, 0) is 23.8 Å². The molecule has 0 saturated heterocycles. The lowest BCUT2D eigenvalue weighted by atomic mass is 10.2. The molecule has 23 heavy (non-hydrogen) atoms. The molecule has 6 heteroatoms. The van der Waals surface area contributed by atoms with Crippen LogP contribution in [0.1, 0.15) is 18.4 Å². The third-order valence-corrected chi connectivity index (χ3v) is 3.38. The Labute approximate surface area is 142 Å². The molecule has 0 aromatic heterocycles. The zero-order valence-corrected chi connectivity index (χ0v) is 13.9. The molecule has 0 aliphatic heterocycles. The fraction of sp³-hybridized carbons (Fsp3) is 0.118. The Morgan fingerprint density at radius 2 is 1.74 bits per heavy atom. The van der Waals surface area contributed by atoms with Crippen LogP contribution in [0.4, 0.5) is 5.69 Å². The van der Waals surface area contributed by atoms with E-state index < -0.39 is 0 Å². The number of halogens is 1. The number of hydrogen-bond donors (Lipinski definition) is 2. The Hall–Kier alpha value is -2.47. The van der Waals surface area contributed by atoms with E-state index in [0.717, 1.165) is 10.0 Å². The van der Waals surface area contributed by atoms with Gasteiger partial charge in [-0.25, -0.2) is 5.43 Å². The standard InChI is InChI=1S/C17H16BrN3O2/c18-14-7-4-8-15(11-14)20-16(22)9-10-17(23)21-19-12-13-5-2-1-3-6-13/h1-8,11-12H,9-10H2,(H,20,22)(H,21,23)/b19-12+. The van der Waals surface area contributed by atoms with Crippen LogP contribution < -0.4 is 10.7 Å². The summed E-state index contributed by atoms with van der Waals surface area (Å²) in [6.45, 7) is 0. The van der Waals surface area contributed by atoms with E-state index in [1.165, 1.54) is 0 Å². The maximum atomic E-state index is 11.8. The lowest BCUT2D eigenvalue weighted by Crippen LogP contribution is -2.20. The summed E-state index contributed by atoms with van der Waals surface area (Å²) in [5, 5.41) is 6.59. The van der Waals surface area contributed by atoms with E-state index >= 15 is 0 Å². The molecule has 0 aliphatic carbocycles. The normalized spacial score (nSPS) is 10.5. The lowest BCUT2D eigenvalue weighted by molar-refractivity contribution is -0.124. The molecule has 5 nitrogen and oxygen atoms in total. The first kappa shape index (κ1) is 16.9. The minimum atomic E-state index is -0.304. The predicted octanol–water partition coefficient (Wildman–Crippen LogP) is 3.32. The van der Waals surface area contributed by atoms with Gasteiger partial charge in [-0.1, -0.05) is 52.3 Å². The molecule has 0 spiro atoms. The van der Waals surface area contributed by atoms with Crippen LogP contribution in [-0.4, -0.2) is 18.0 Å². The van der Waals surface area contributed by atoms with Gasteiger partial charge >= 0.3 is 0 Å². The average Bonchev–Trinajstić information content (AvgIpc) is 2.54. The molecule has 0 aliphatic rings. The summed E-state index contributed by atoms with van der Waals surface area (Å²) in [6, 6.07) is 16.7. The maximum absolute atomic E-state index is 11.8. The number of rotatable bonds is 6. The first-order chi connectivity index (χ1) is 11.1. The van der Waals surface area contributed by atoms with Crippen LogP contribution in [0.5, 0.6) is 0 Å². The zero-order chi connectivity index (χ0) is 16.5. The number of benzene rings is 2. The van der Waals surface area contributed by atoms with Crippen molar-refractivity contribution in [3.8, 4) is 0 Å². The number of hydrogen-bond acceptors (Lipinski definition) is 3. The van der Waals surface area contributed by atoms with Crippen molar-refractivity contribution in [1.29, 1.82) is 0 Å². The Balaban J connectivity index is 1.71. The zero-order valence-electron chi connectivity index (χ0n) is 12.3. The summed E-state index contributed by atoms with van der Waals surface area (Å²) in [7, 11) is 0. The van der Waals surface area contributed by atoms with Crippen molar-refractivity contribution in [3.63, 3.8) is 0 Å². The fourth-order valence-electron chi connectivity index (χ4n) is 1.79. The van der Waals surface area contributed by atoms with Gasteiger partial charge in [0.1, 0.15) is 0 Å². The van der Waals surface area contributed by atoms with Crippen molar-refractivity contribution >= 4 is 39.6 Å². The van der Waals surface area contributed by atoms with E-state index in [1.807, 2.05) is 42.5 Å². The largest absolute Gasteiger partial charge is 0.326 e. The highest BCUT2D eigenvalue weighted by molar-refractivity contribution is 9.10. The van der Waals surface area contributed by atoms with Crippen molar-refractivity contribution in [3.05, 3.63) is 64.6 Å².